The summed E-state index contributed by atoms with van der Waals surface area (Å²) in [5.74, 6) is 1.62. The summed E-state index contributed by atoms with van der Waals surface area (Å²) in [4.78, 5) is 7.15. The Labute approximate surface area is 126 Å². The number of imidazole rings is 1. The molecule has 0 bridgehead atoms. The molecule has 1 unspecified atom stereocenters. The van der Waals surface area contributed by atoms with Crippen molar-refractivity contribution in [1.82, 2.24) is 14.5 Å². The molecule has 0 spiro atoms. The average Bonchev–Trinajstić information content (AvgIpc) is 2.87. The molecule has 2 aromatic rings. The fraction of sp³-hybridized carbons (Fsp3) is 0.529. The number of fused-ring (bicyclic) bond motifs is 1. The predicted molar refractivity (Wildman–Crippen MR) is 84.1 cm³/mol. The van der Waals surface area contributed by atoms with Crippen molar-refractivity contribution in [3.63, 3.8) is 0 Å². The van der Waals surface area contributed by atoms with Crippen LogP contribution in [0.25, 0.3) is 11.0 Å². The third kappa shape index (κ3) is 2.66. The molecule has 1 aliphatic rings. The summed E-state index contributed by atoms with van der Waals surface area (Å²) in [7, 11) is 0. The third-order valence-electron chi connectivity index (χ3n) is 4.30. The van der Waals surface area contributed by atoms with Crippen LogP contribution in [0.3, 0.4) is 0 Å². The van der Waals surface area contributed by atoms with Crippen molar-refractivity contribution in [3.8, 4) is 6.07 Å². The van der Waals surface area contributed by atoms with E-state index in [-0.39, 0.29) is 0 Å². The van der Waals surface area contributed by atoms with E-state index in [0.29, 0.717) is 18.5 Å². The third-order valence-corrected chi connectivity index (χ3v) is 4.30. The van der Waals surface area contributed by atoms with Crippen LogP contribution in [-0.4, -0.2) is 34.1 Å². The van der Waals surface area contributed by atoms with Gasteiger partial charge in [-0.1, -0.05) is 12.1 Å². The average molecular weight is 282 g/mol. The largest absolute Gasteiger partial charge is 0.325 e. The van der Waals surface area contributed by atoms with Gasteiger partial charge >= 0.3 is 0 Å². The van der Waals surface area contributed by atoms with E-state index < -0.39 is 0 Å². The maximum atomic E-state index is 8.92. The van der Waals surface area contributed by atoms with E-state index in [0.717, 1.165) is 31.4 Å². The zero-order valence-electron chi connectivity index (χ0n) is 12.8. The molecular weight excluding hydrogens is 260 g/mol. The van der Waals surface area contributed by atoms with Gasteiger partial charge in [-0.15, -0.1) is 0 Å². The summed E-state index contributed by atoms with van der Waals surface area (Å²) in [6.45, 7) is 6.94. The van der Waals surface area contributed by atoms with Crippen LogP contribution in [0.1, 0.15) is 44.5 Å². The van der Waals surface area contributed by atoms with Crippen molar-refractivity contribution >= 4 is 11.0 Å². The van der Waals surface area contributed by atoms with Gasteiger partial charge in [0, 0.05) is 18.5 Å². The highest BCUT2D eigenvalue weighted by Gasteiger charge is 2.26. The predicted octanol–water partition coefficient (Wildman–Crippen LogP) is 3.32. The van der Waals surface area contributed by atoms with E-state index in [4.69, 9.17) is 10.2 Å². The smallest absolute Gasteiger partial charge is 0.114 e. The van der Waals surface area contributed by atoms with Crippen LogP contribution in [0, 0.1) is 11.3 Å². The maximum Gasteiger partial charge on any atom is 0.114 e. The molecule has 1 saturated heterocycles. The second kappa shape index (κ2) is 5.87. The molecule has 4 heteroatoms. The van der Waals surface area contributed by atoms with Gasteiger partial charge in [0.15, 0.2) is 0 Å². The summed E-state index contributed by atoms with van der Waals surface area (Å²) in [5.41, 5.74) is 2.30. The zero-order valence-corrected chi connectivity index (χ0v) is 12.8. The summed E-state index contributed by atoms with van der Waals surface area (Å²) in [6, 6.07) is 11.0. The van der Waals surface area contributed by atoms with Gasteiger partial charge in [0.1, 0.15) is 5.82 Å². The normalized spacial score (nSPS) is 20.0. The van der Waals surface area contributed by atoms with E-state index in [9.17, 15) is 0 Å². The first-order valence-electron chi connectivity index (χ1n) is 7.77. The van der Waals surface area contributed by atoms with Crippen molar-refractivity contribution < 1.29 is 0 Å². The lowest BCUT2D eigenvalue weighted by atomic mass is 9.97. The van der Waals surface area contributed by atoms with Crippen LogP contribution in [0.4, 0.5) is 0 Å². The number of nitrogens with zero attached hydrogens (tertiary/aromatic N) is 4. The SMILES string of the molecule is CC(C)n1c(C2CCCN(CC#N)C2)nc2ccccc21. The Morgan fingerprint density at radius 2 is 2.19 bits per heavy atom. The number of rotatable bonds is 3. The molecule has 21 heavy (non-hydrogen) atoms. The molecule has 1 aromatic heterocycles. The van der Waals surface area contributed by atoms with Crippen LogP contribution >= 0.6 is 0 Å². The van der Waals surface area contributed by atoms with Crippen LogP contribution in [0.15, 0.2) is 24.3 Å². The Hall–Kier alpha value is -1.86. The molecule has 0 radical (unpaired) electrons. The molecule has 1 aliphatic heterocycles. The van der Waals surface area contributed by atoms with E-state index in [1.165, 1.54) is 11.3 Å². The Morgan fingerprint density at radius 1 is 1.38 bits per heavy atom. The lowest BCUT2D eigenvalue weighted by Crippen LogP contribution is -2.35. The number of piperidine rings is 1. The Kier molecular flexibility index (Phi) is 3.94. The molecule has 1 fully saturated rings. The van der Waals surface area contributed by atoms with E-state index in [1.807, 2.05) is 6.07 Å². The second-order valence-electron chi connectivity index (χ2n) is 6.15. The first-order valence-corrected chi connectivity index (χ1v) is 7.77. The summed E-state index contributed by atoms with van der Waals surface area (Å²) >= 11 is 0. The molecule has 1 atom stereocenters. The molecule has 4 nitrogen and oxygen atoms in total. The number of aromatic nitrogens is 2. The highest BCUT2D eigenvalue weighted by atomic mass is 15.2. The van der Waals surface area contributed by atoms with Gasteiger partial charge in [0.2, 0.25) is 0 Å². The Bertz CT molecular complexity index is 665. The number of hydrogen-bond donors (Lipinski definition) is 0. The molecule has 2 heterocycles. The second-order valence-corrected chi connectivity index (χ2v) is 6.15. The van der Waals surface area contributed by atoms with Crippen molar-refractivity contribution in [2.24, 2.45) is 0 Å². The maximum absolute atomic E-state index is 8.92. The van der Waals surface area contributed by atoms with Crippen LogP contribution in [0.2, 0.25) is 0 Å². The molecule has 3 rings (SSSR count). The van der Waals surface area contributed by atoms with Crippen molar-refractivity contribution in [1.29, 1.82) is 5.26 Å². The fourth-order valence-electron chi connectivity index (χ4n) is 3.40. The van der Waals surface area contributed by atoms with E-state index in [2.05, 4.69) is 47.6 Å². The molecule has 1 aromatic carbocycles. The summed E-state index contributed by atoms with van der Waals surface area (Å²) < 4.78 is 2.37. The lowest BCUT2D eigenvalue weighted by Gasteiger charge is -2.31. The zero-order chi connectivity index (χ0) is 14.8. The van der Waals surface area contributed by atoms with Crippen molar-refractivity contribution in [2.75, 3.05) is 19.6 Å². The first-order chi connectivity index (χ1) is 10.2. The van der Waals surface area contributed by atoms with E-state index >= 15 is 0 Å². The number of benzene rings is 1. The molecule has 0 amide bonds. The fourth-order valence-corrected chi connectivity index (χ4v) is 3.40. The Balaban J connectivity index is 1.99. The first kappa shape index (κ1) is 14.1. The molecule has 110 valence electrons. The van der Waals surface area contributed by atoms with Gasteiger partial charge in [0.05, 0.1) is 23.6 Å². The quantitative estimate of drug-likeness (QED) is 0.811. The van der Waals surface area contributed by atoms with Gasteiger partial charge in [-0.05, 0) is 45.4 Å². The molecule has 0 N–H and O–H groups in total. The van der Waals surface area contributed by atoms with Gasteiger partial charge in [-0.25, -0.2) is 4.98 Å². The minimum Gasteiger partial charge on any atom is -0.325 e. The number of nitriles is 1. The Morgan fingerprint density at radius 3 is 2.95 bits per heavy atom. The molecule has 0 saturated carbocycles. The molecular formula is C17H22N4. The van der Waals surface area contributed by atoms with Gasteiger partial charge in [-0.3, -0.25) is 4.90 Å². The monoisotopic (exact) mass is 282 g/mol. The van der Waals surface area contributed by atoms with E-state index in [1.54, 1.807) is 0 Å². The minimum atomic E-state index is 0.402. The highest BCUT2D eigenvalue weighted by molar-refractivity contribution is 5.76. The number of likely N-dealkylation sites (tertiary alicyclic amines) is 1. The van der Waals surface area contributed by atoms with Crippen molar-refractivity contribution in [3.05, 3.63) is 30.1 Å². The van der Waals surface area contributed by atoms with Gasteiger partial charge in [0.25, 0.3) is 0 Å². The van der Waals surface area contributed by atoms with Crippen molar-refractivity contribution in [2.45, 2.75) is 38.6 Å². The minimum absolute atomic E-state index is 0.402. The van der Waals surface area contributed by atoms with Crippen LogP contribution in [-0.2, 0) is 0 Å². The van der Waals surface area contributed by atoms with Gasteiger partial charge < -0.3 is 4.57 Å². The van der Waals surface area contributed by atoms with Crippen LogP contribution < -0.4 is 0 Å². The topological polar surface area (TPSA) is 44.9 Å². The highest BCUT2D eigenvalue weighted by Crippen LogP contribution is 2.31. The summed E-state index contributed by atoms with van der Waals surface area (Å²) in [6.07, 6.45) is 2.31. The lowest BCUT2D eigenvalue weighted by molar-refractivity contribution is 0.223. The van der Waals surface area contributed by atoms with Crippen LogP contribution in [0.5, 0.6) is 0 Å². The number of para-hydroxylation sites is 2. The standard InChI is InChI=1S/C17H22N4/c1-13(2)21-16-8-4-3-7-15(16)19-17(21)14-6-5-10-20(12-14)11-9-18/h3-4,7-8,13-14H,5-6,10-12H2,1-2H3. The summed E-state index contributed by atoms with van der Waals surface area (Å²) in [5, 5.41) is 8.92. The number of hydrogen-bond acceptors (Lipinski definition) is 3. The van der Waals surface area contributed by atoms with Gasteiger partial charge in [-0.2, -0.15) is 5.26 Å². The molecule has 0 aliphatic carbocycles.